The van der Waals surface area contributed by atoms with Crippen molar-refractivity contribution in [2.45, 2.75) is 45.2 Å². The maximum absolute atomic E-state index is 11.6. The molecule has 1 aromatic heterocycles. The van der Waals surface area contributed by atoms with Crippen molar-refractivity contribution in [2.24, 2.45) is 0 Å². The van der Waals surface area contributed by atoms with E-state index in [9.17, 15) is 4.79 Å². The van der Waals surface area contributed by atoms with E-state index in [0.29, 0.717) is 30.7 Å². The van der Waals surface area contributed by atoms with E-state index < -0.39 is 0 Å². The maximum Gasteiger partial charge on any atom is 0.237 e. The van der Waals surface area contributed by atoms with Gasteiger partial charge in [0, 0.05) is 25.9 Å². The van der Waals surface area contributed by atoms with Crippen molar-refractivity contribution in [1.82, 2.24) is 20.8 Å². The number of aryl methyl sites for hydroxylation is 1. The summed E-state index contributed by atoms with van der Waals surface area (Å²) >= 11 is 0. The zero-order chi connectivity index (χ0) is 12.3. The van der Waals surface area contributed by atoms with Gasteiger partial charge >= 0.3 is 0 Å². The van der Waals surface area contributed by atoms with Crippen molar-refractivity contribution in [3.05, 3.63) is 11.7 Å². The van der Waals surface area contributed by atoms with E-state index >= 15 is 0 Å². The van der Waals surface area contributed by atoms with Gasteiger partial charge in [-0.3, -0.25) is 4.79 Å². The van der Waals surface area contributed by atoms with Gasteiger partial charge in [0.1, 0.15) is 0 Å². The molecule has 1 aromatic rings. The van der Waals surface area contributed by atoms with Crippen LogP contribution in [-0.4, -0.2) is 34.7 Å². The molecule has 0 aliphatic heterocycles. The molecule has 1 saturated carbocycles. The number of nitrogens with one attached hydrogen (secondary N) is 2. The molecule has 0 bridgehead atoms. The van der Waals surface area contributed by atoms with Crippen LogP contribution in [0, 0.1) is 6.92 Å². The number of rotatable bonds is 6. The van der Waals surface area contributed by atoms with Crippen molar-refractivity contribution >= 4 is 5.91 Å². The van der Waals surface area contributed by atoms with Gasteiger partial charge in [-0.2, -0.15) is 4.98 Å². The molecule has 6 nitrogen and oxygen atoms in total. The van der Waals surface area contributed by atoms with Crippen LogP contribution in [0.25, 0.3) is 0 Å². The molecule has 1 amide bonds. The monoisotopic (exact) mass is 238 g/mol. The second-order valence-corrected chi connectivity index (χ2v) is 4.44. The predicted molar refractivity (Wildman–Crippen MR) is 61.4 cm³/mol. The van der Waals surface area contributed by atoms with Crippen molar-refractivity contribution in [3.8, 4) is 0 Å². The Balaban J connectivity index is 1.65. The highest BCUT2D eigenvalue weighted by molar-refractivity contribution is 5.81. The molecular weight excluding hydrogens is 220 g/mol. The molecule has 1 heterocycles. The summed E-state index contributed by atoms with van der Waals surface area (Å²) in [6.45, 7) is 4.28. The minimum absolute atomic E-state index is 0.0665. The van der Waals surface area contributed by atoms with E-state index in [-0.39, 0.29) is 11.9 Å². The molecule has 0 aromatic carbocycles. The summed E-state index contributed by atoms with van der Waals surface area (Å²) in [7, 11) is 0. The van der Waals surface area contributed by atoms with Crippen LogP contribution in [0.1, 0.15) is 31.5 Å². The first-order valence-corrected chi connectivity index (χ1v) is 5.98. The Kier molecular flexibility index (Phi) is 3.73. The topological polar surface area (TPSA) is 80.0 Å². The van der Waals surface area contributed by atoms with Gasteiger partial charge in [-0.1, -0.05) is 5.16 Å². The Morgan fingerprint density at radius 3 is 2.94 bits per heavy atom. The largest absolute Gasteiger partial charge is 0.352 e. The first-order chi connectivity index (χ1) is 8.15. The Morgan fingerprint density at radius 2 is 2.35 bits per heavy atom. The standard InChI is InChI=1S/C11H18N4O2/c1-7(11(16)14-9-3-4-9)12-6-5-10-13-8(2)17-15-10/h7,9,12H,3-6H2,1-2H3,(H,14,16). The molecule has 0 spiro atoms. The fraction of sp³-hybridized carbons (Fsp3) is 0.727. The van der Waals surface area contributed by atoms with Gasteiger partial charge in [-0.05, 0) is 19.8 Å². The number of hydrogen-bond acceptors (Lipinski definition) is 5. The van der Waals surface area contributed by atoms with Crippen LogP contribution in [-0.2, 0) is 11.2 Å². The minimum Gasteiger partial charge on any atom is -0.352 e. The van der Waals surface area contributed by atoms with Crippen molar-refractivity contribution in [2.75, 3.05) is 6.54 Å². The fourth-order valence-corrected chi connectivity index (χ4v) is 1.49. The molecule has 1 aliphatic carbocycles. The van der Waals surface area contributed by atoms with Crippen LogP contribution < -0.4 is 10.6 Å². The Labute approximate surface area is 100 Å². The minimum atomic E-state index is -0.177. The second kappa shape index (κ2) is 5.27. The lowest BCUT2D eigenvalue weighted by Crippen LogP contribution is -2.43. The van der Waals surface area contributed by atoms with E-state index in [4.69, 9.17) is 4.52 Å². The lowest BCUT2D eigenvalue weighted by molar-refractivity contribution is -0.122. The summed E-state index contributed by atoms with van der Waals surface area (Å²) in [5.74, 6) is 1.31. The van der Waals surface area contributed by atoms with Crippen LogP contribution in [0.4, 0.5) is 0 Å². The summed E-state index contributed by atoms with van der Waals surface area (Å²) in [5.41, 5.74) is 0. The number of amides is 1. The van der Waals surface area contributed by atoms with Crippen molar-refractivity contribution < 1.29 is 9.32 Å². The second-order valence-electron chi connectivity index (χ2n) is 4.44. The number of hydrogen-bond donors (Lipinski definition) is 2. The molecule has 0 radical (unpaired) electrons. The highest BCUT2D eigenvalue weighted by atomic mass is 16.5. The van der Waals surface area contributed by atoms with E-state index in [1.54, 1.807) is 6.92 Å². The Hall–Kier alpha value is -1.43. The number of aromatic nitrogens is 2. The average Bonchev–Trinajstić information content (AvgIpc) is 3.00. The molecule has 0 saturated heterocycles. The lowest BCUT2D eigenvalue weighted by Gasteiger charge is -2.12. The Bertz CT molecular complexity index is 387. The lowest BCUT2D eigenvalue weighted by atomic mass is 10.3. The zero-order valence-corrected chi connectivity index (χ0v) is 10.2. The van der Waals surface area contributed by atoms with Crippen molar-refractivity contribution in [3.63, 3.8) is 0 Å². The summed E-state index contributed by atoms with van der Waals surface area (Å²) in [6.07, 6.45) is 2.89. The van der Waals surface area contributed by atoms with Crippen LogP contribution in [0.15, 0.2) is 4.52 Å². The molecule has 1 unspecified atom stereocenters. The van der Waals surface area contributed by atoms with Gasteiger partial charge in [0.2, 0.25) is 11.8 Å². The van der Waals surface area contributed by atoms with Gasteiger partial charge in [-0.25, -0.2) is 0 Å². The molecule has 2 rings (SSSR count). The Morgan fingerprint density at radius 1 is 1.59 bits per heavy atom. The highest BCUT2D eigenvalue weighted by Crippen LogP contribution is 2.18. The smallest absolute Gasteiger partial charge is 0.237 e. The van der Waals surface area contributed by atoms with Crippen molar-refractivity contribution in [1.29, 1.82) is 0 Å². The summed E-state index contributed by atoms with van der Waals surface area (Å²) in [5, 5.41) is 9.88. The molecule has 1 fully saturated rings. The van der Waals surface area contributed by atoms with Crippen LogP contribution >= 0.6 is 0 Å². The molecule has 17 heavy (non-hydrogen) atoms. The number of nitrogens with zero attached hydrogens (tertiary/aromatic N) is 2. The van der Waals surface area contributed by atoms with Crippen LogP contribution in [0.5, 0.6) is 0 Å². The molecule has 1 atom stereocenters. The van der Waals surface area contributed by atoms with Crippen LogP contribution in [0.3, 0.4) is 0 Å². The average molecular weight is 238 g/mol. The van der Waals surface area contributed by atoms with Crippen LogP contribution in [0.2, 0.25) is 0 Å². The van der Waals surface area contributed by atoms with Gasteiger partial charge < -0.3 is 15.2 Å². The first kappa shape index (κ1) is 12.0. The van der Waals surface area contributed by atoms with Gasteiger partial charge in [0.05, 0.1) is 6.04 Å². The SMILES string of the molecule is Cc1nc(CCNC(C)C(=O)NC2CC2)no1. The summed E-state index contributed by atoms with van der Waals surface area (Å²) in [4.78, 5) is 15.7. The third kappa shape index (κ3) is 3.81. The third-order valence-corrected chi connectivity index (χ3v) is 2.69. The summed E-state index contributed by atoms with van der Waals surface area (Å²) < 4.78 is 4.86. The first-order valence-electron chi connectivity index (χ1n) is 5.98. The van der Waals surface area contributed by atoms with Gasteiger partial charge in [0.25, 0.3) is 0 Å². The van der Waals surface area contributed by atoms with Gasteiger partial charge in [-0.15, -0.1) is 0 Å². The van der Waals surface area contributed by atoms with E-state index in [2.05, 4.69) is 20.8 Å². The third-order valence-electron chi connectivity index (χ3n) is 2.69. The molecule has 2 N–H and O–H groups in total. The number of carbonyl (C=O) groups is 1. The van der Waals surface area contributed by atoms with Gasteiger partial charge in [0.15, 0.2) is 5.82 Å². The predicted octanol–water partition coefficient (Wildman–Crippen LogP) is 0.177. The number of carbonyl (C=O) groups excluding carboxylic acids is 1. The maximum atomic E-state index is 11.6. The fourth-order valence-electron chi connectivity index (χ4n) is 1.49. The molecule has 94 valence electrons. The molecule has 6 heteroatoms. The highest BCUT2D eigenvalue weighted by Gasteiger charge is 2.25. The molecule has 1 aliphatic rings. The summed E-state index contributed by atoms with van der Waals surface area (Å²) in [6, 6.07) is 0.232. The quantitative estimate of drug-likeness (QED) is 0.739. The van der Waals surface area contributed by atoms with E-state index in [1.807, 2.05) is 6.92 Å². The molecular formula is C11H18N4O2. The van der Waals surface area contributed by atoms with E-state index in [0.717, 1.165) is 12.8 Å². The zero-order valence-electron chi connectivity index (χ0n) is 10.2. The normalized spacial score (nSPS) is 16.8. The van der Waals surface area contributed by atoms with E-state index in [1.165, 1.54) is 0 Å².